The number of nitrogens with zero attached hydrogens (tertiary/aromatic N) is 3. The number of aromatic nitrogens is 1. The molecular formula is C8H11N3. The molecule has 11 heavy (non-hydrogen) atoms. The molecule has 0 aromatic carbocycles. The van der Waals surface area contributed by atoms with Crippen LogP contribution in [0.1, 0.15) is 0 Å². The van der Waals surface area contributed by atoms with Gasteiger partial charge in [-0.1, -0.05) is 0 Å². The van der Waals surface area contributed by atoms with Crippen LogP contribution in [-0.2, 0) is 0 Å². The number of hydrogen-bond acceptors (Lipinski definition) is 2. The van der Waals surface area contributed by atoms with Crippen molar-refractivity contribution in [3.8, 4) is 0 Å². The molecule has 0 atom stereocenters. The van der Waals surface area contributed by atoms with Gasteiger partial charge in [0.25, 0.3) is 0 Å². The van der Waals surface area contributed by atoms with E-state index in [4.69, 9.17) is 0 Å². The van der Waals surface area contributed by atoms with Crippen molar-refractivity contribution < 1.29 is 0 Å². The van der Waals surface area contributed by atoms with Crippen LogP contribution in [0, 0.1) is 0 Å². The SMILES string of the molecule is CN(C)C=Nc1ccncc1. The van der Waals surface area contributed by atoms with Crippen LogP contribution in [-0.4, -0.2) is 30.3 Å². The molecule has 3 nitrogen and oxygen atoms in total. The van der Waals surface area contributed by atoms with E-state index in [1.165, 1.54) is 0 Å². The summed E-state index contributed by atoms with van der Waals surface area (Å²) in [5, 5.41) is 0. The Hall–Kier alpha value is -1.38. The topological polar surface area (TPSA) is 28.5 Å². The van der Waals surface area contributed by atoms with Gasteiger partial charge in [-0.25, -0.2) is 4.99 Å². The Kier molecular flexibility index (Phi) is 2.60. The van der Waals surface area contributed by atoms with Crippen LogP contribution in [0.15, 0.2) is 29.5 Å². The molecule has 0 saturated carbocycles. The second-order valence-electron chi connectivity index (χ2n) is 2.41. The van der Waals surface area contributed by atoms with Crippen LogP contribution >= 0.6 is 0 Å². The fraction of sp³-hybridized carbons (Fsp3) is 0.250. The molecule has 0 unspecified atom stereocenters. The normalized spacial score (nSPS) is 10.4. The van der Waals surface area contributed by atoms with Gasteiger partial charge in [-0.2, -0.15) is 0 Å². The van der Waals surface area contributed by atoms with E-state index in [0.29, 0.717) is 0 Å². The zero-order valence-electron chi connectivity index (χ0n) is 6.73. The molecule has 0 fully saturated rings. The standard InChI is InChI=1S/C8H11N3/c1-11(2)7-10-8-3-5-9-6-4-8/h3-7H,1-2H3. The summed E-state index contributed by atoms with van der Waals surface area (Å²) >= 11 is 0. The molecule has 0 aliphatic heterocycles. The monoisotopic (exact) mass is 149 g/mol. The molecule has 3 heteroatoms. The van der Waals surface area contributed by atoms with Crippen LogP contribution in [0.4, 0.5) is 5.69 Å². The van der Waals surface area contributed by atoms with E-state index in [2.05, 4.69) is 9.98 Å². The Morgan fingerprint density at radius 3 is 2.55 bits per heavy atom. The van der Waals surface area contributed by atoms with Crippen LogP contribution in [0.3, 0.4) is 0 Å². The highest BCUT2D eigenvalue weighted by molar-refractivity contribution is 5.60. The molecular weight excluding hydrogens is 138 g/mol. The summed E-state index contributed by atoms with van der Waals surface area (Å²) in [6.45, 7) is 0. The smallest absolute Gasteiger partial charge is 0.0907 e. The molecule has 0 bridgehead atoms. The zero-order valence-corrected chi connectivity index (χ0v) is 6.73. The summed E-state index contributed by atoms with van der Waals surface area (Å²) in [4.78, 5) is 9.94. The molecule has 0 radical (unpaired) electrons. The van der Waals surface area contributed by atoms with Gasteiger partial charge in [-0.15, -0.1) is 0 Å². The molecule has 1 heterocycles. The van der Waals surface area contributed by atoms with Crippen LogP contribution in [0.5, 0.6) is 0 Å². The van der Waals surface area contributed by atoms with Gasteiger partial charge >= 0.3 is 0 Å². The second kappa shape index (κ2) is 3.71. The van der Waals surface area contributed by atoms with Gasteiger partial charge in [0.05, 0.1) is 12.0 Å². The molecule has 1 rings (SSSR count). The van der Waals surface area contributed by atoms with E-state index in [-0.39, 0.29) is 0 Å². The first kappa shape index (κ1) is 7.72. The van der Waals surface area contributed by atoms with Gasteiger partial charge in [0.2, 0.25) is 0 Å². The third-order valence-electron chi connectivity index (χ3n) is 1.10. The fourth-order valence-electron chi connectivity index (χ4n) is 0.612. The van der Waals surface area contributed by atoms with Gasteiger partial charge < -0.3 is 4.90 Å². The van der Waals surface area contributed by atoms with Crippen LogP contribution < -0.4 is 0 Å². The largest absolute Gasteiger partial charge is 0.369 e. The first-order valence-corrected chi connectivity index (χ1v) is 3.39. The van der Waals surface area contributed by atoms with Crippen molar-refractivity contribution in [2.75, 3.05) is 14.1 Å². The average Bonchev–Trinajstić information content (AvgIpc) is 2.03. The van der Waals surface area contributed by atoms with Gasteiger partial charge in [0.15, 0.2) is 0 Å². The Balaban J connectivity index is 2.65. The van der Waals surface area contributed by atoms with E-state index in [9.17, 15) is 0 Å². The highest BCUT2D eigenvalue weighted by Gasteiger charge is 1.83. The molecule has 0 amide bonds. The highest BCUT2D eigenvalue weighted by atomic mass is 15.1. The summed E-state index contributed by atoms with van der Waals surface area (Å²) in [7, 11) is 3.87. The predicted molar refractivity (Wildman–Crippen MR) is 46.1 cm³/mol. The van der Waals surface area contributed by atoms with E-state index in [1.807, 2.05) is 31.1 Å². The Bertz CT molecular complexity index is 228. The molecule has 58 valence electrons. The summed E-state index contributed by atoms with van der Waals surface area (Å²) < 4.78 is 0. The number of rotatable bonds is 2. The maximum atomic E-state index is 4.17. The van der Waals surface area contributed by atoms with Crippen molar-refractivity contribution in [3.63, 3.8) is 0 Å². The average molecular weight is 149 g/mol. The third kappa shape index (κ3) is 2.80. The minimum absolute atomic E-state index is 0.925. The molecule has 1 aromatic rings. The summed E-state index contributed by atoms with van der Waals surface area (Å²) in [5.74, 6) is 0. The van der Waals surface area contributed by atoms with Crippen molar-refractivity contribution in [1.82, 2.24) is 9.88 Å². The first-order chi connectivity index (χ1) is 5.29. The van der Waals surface area contributed by atoms with Gasteiger partial charge in [0.1, 0.15) is 0 Å². The third-order valence-corrected chi connectivity index (χ3v) is 1.10. The van der Waals surface area contributed by atoms with Gasteiger partial charge in [-0.3, -0.25) is 4.98 Å². The lowest BCUT2D eigenvalue weighted by atomic mass is 10.4. The molecule has 0 spiro atoms. The Labute approximate surface area is 66.4 Å². The van der Waals surface area contributed by atoms with E-state index >= 15 is 0 Å². The summed E-state index contributed by atoms with van der Waals surface area (Å²) in [5.41, 5.74) is 0.925. The molecule has 0 aliphatic rings. The van der Waals surface area contributed by atoms with Crippen molar-refractivity contribution in [2.45, 2.75) is 0 Å². The lowest BCUT2D eigenvalue weighted by Gasteiger charge is -2.01. The Morgan fingerprint density at radius 1 is 1.36 bits per heavy atom. The lowest BCUT2D eigenvalue weighted by molar-refractivity contribution is 0.643. The van der Waals surface area contributed by atoms with E-state index in [0.717, 1.165) is 5.69 Å². The van der Waals surface area contributed by atoms with E-state index < -0.39 is 0 Å². The second-order valence-corrected chi connectivity index (χ2v) is 2.41. The van der Waals surface area contributed by atoms with Gasteiger partial charge in [-0.05, 0) is 12.1 Å². The molecule has 1 aromatic heterocycles. The fourth-order valence-corrected chi connectivity index (χ4v) is 0.612. The molecule has 0 N–H and O–H groups in total. The first-order valence-electron chi connectivity index (χ1n) is 3.39. The molecule has 0 saturated heterocycles. The maximum Gasteiger partial charge on any atom is 0.0907 e. The maximum absolute atomic E-state index is 4.17. The van der Waals surface area contributed by atoms with Crippen LogP contribution in [0.2, 0.25) is 0 Å². The van der Waals surface area contributed by atoms with Crippen molar-refractivity contribution >= 4 is 12.0 Å². The Morgan fingerprint density at radius 2 is 2.00 bits per heavy atom. The quantitative estimate of drug-likeness (QED) is 0.468. The molecule has 0 aliphatic carbocycles. The predicted octanol–water partition coefficient (Wildman–Crippen LogP) is 1.30. The number of aliphatic imine (C=N–C) groups is 1. The highest BCUT2D eigenvalue weighted by Crippen LogP contribution is 2.06. The van der Waals surface area contributed by atoms with E-state index in [1.54, 1.807) is 18.7 Å². The van der Waals surface area contributed by atoms with Crippen molar-refractivity contribution in [2.24, 2.45) is 4.99 Å². The van der Waals surface area contributed by atoms with Gasteiger partial charge in [0, 0.05) is 26.5 Å². The summed E-state index contributed by atoms with van der Waals surface area (Å²) in [6, 6.07) is 3.72. The van der Waals surface area contributed by atoms with Crippen molar-refractivity contribution in [3.05, 3.63) is 24.5 Å². The number of hydrogen-bond donors (Lipinski definition) is 0. The minimum atomic E-state index is 0.925. The summed E-state index contributed by atoms with van der Waals surface area (Å²) in [6.07, 6.45) is 5.21. The minimum Gasteiger partial charge on any atom is -0.369 e. The number of pyridine rings is 1. The lowest BCUT2D eigenvalue weighted by Crippen LogP contribution is -2.06. The van der Waals surface area contributed by atoms with Crippen molar-refractivity contribution in [1.29, 1.82) is 0 Å². The zero-order chi connectivity index (χ0) is 8.10. The van der Waals surface area contributed by atoms with Crippen LogP contribution in [0.25, 0.3) is 0 Å².